The second-order valence-electron chi connectivity index (χ2n) is 11.6. The van der Waals surface area contributed by atoms with E-state index in [2.05, 4.69) is 41.5 Å². The maximum Gasteiger partial charge on any atom is 0.422 e. The summed E-state index contributed by atoms with van der Waals surface area (Å²) in [6, 6.07) is 17.8. The minimum absolute atomic E-state index is 0.0369. The topological polar surface area (TPSA) is 176 Å². The number of anilines is 4. The van der Waals surface area contributed by atoms with Crippen LogP contribution in [-0.4, -0.2) is 63.3 Å². The molecule has 4 aromatic rings. The van der Waals surface area contributed by atoms with Crippen molar-refractivity contribution < 1.29 is 37.1 Å². The molecule has 0 spiro atoms. The fraction of sp³-hybridized carbons (Fsp3) is 0.265. The lowest BCUT2D eigenvalue weighted by molar-refractivity contribution is -0.154. The molecule has 18 heteroatoms. The van der Waals surface area contributed by atoms with E-state index in [0.29, 0.717) is 29.2 Å². The molecule has 1 fully saturated rings. The Morgan fingerprint density at radius 3 is 2.23 bits per heavy atom. The molecule has 1 aliphatic rings. The van der Waals surface area contributed by atoms with Gasteiger partial charge in [0.2, 0.25) is 17.1 Å². The molecule has 5 N–H and O–H groups in total. The van der Waals surface area contributed by atoms with E-state index in [1.807, 2.05) is 25.1 Å². The number of amides is 3. The first-order valence-electron chi connectivity index (χ1n) is 15.8. The third-order valence-corrected chi connectivity index (χ3v) is 8.24. The van der Waals surface area contributed by atoms with Gasteiger partial charge in [0, 0.05) is 28.5 Å². The maximum absolute atomic E-state index is 12.9. The van der Waals surface area contributed by atoms with Crippen molar-refractivity contribution in [3.63, 3.8) is 0 Å². The highest BCUT2D eigenvalue weighted by Crippen LogP contribution is 2.48. The number of hydrogen-bond donors (Lipinski definition) is 5. The molecule has 1 aliphatic carbocycles. The molecule has 1 heterocycles. The highest BCUT2D eigenvalue weighted by molar-refractivity contribution is 6.65. The third kappa shape index (κ3) is 10.5. The van der Waals surface area contributed by atoms with Crippen LogP contribution in [0.15, 0.2) is 72.8 Å². The highest BCUT2D eigenvalue weighted by atomic mass is 35.5. The summed E-state index contributed by atoms with van der Waals surface area (Å²) in [5.41, 5.74) is 2.11. The van der Waals surface area contributed by atoms with Gasteiger partial charge in [0.05, 0.1) is 5.54 Å². The van der Waals surface area contributed by atoms with E-state index in [1.54, 1.807) is 30.3 Å². The number of halogens is 5. The van der Waals surface area contributed by atoms with E-state index >= 15 is 0 Å². The van der Waals surface area contributed by atoms with Gasteiger partial charge in [0.25, 0.3) is 5.91 Å². The summed E-state index contributed by atoms with van der Waals surface area (Å²) in [7, 11) is 0. The van der Waals surface area contributed by atoms with Crippen LogP contribution >= 0.6 is 23.2 Å². The number of carbonyl (C=O) groups is 4. The zero-order chi connectivity index (χ0) is 37.5. The minimum Gasteiger partial charge on any atom is -0.454 e. The van der Waals surface area contributed by atoms with E-state index in [9.17, 15) is 32.3 Å². The van der Waals surface area contributed by atoms with Gasteiger partial charge in [-0.3, -0.25) is 19.2 Å². The molecular weight excluding hydrogens is 728 g/mol. The van der Waals surface area contributed by atoms with Crippen molar-refractivity contribution >= 4 is 69.4 Å². The van der Waals surface area contributed by atoms with Crippen LogP contribution in [0, 0.1) is 0 Å². The Kier molecular flexibility index (Phi) is 11.8. The first-order valence-corrected chi connectivity index (χ1v) is 16.5. The van der Waals surface area contributed by atoms with Crippen LogP contribution in [-0.2, 0) is 26.3 Å². The van der Waals surface area contributed by atoms with Crippen molar-refractivity contribution in [2.45, 2.75) is 43.9 Å². The van der Waals surface area contributed by atoms with Crippen LogP contribution < -0.4 is 31.3 Å². The van der Waals surface area contributed by atoms with Gasteiger partial charge in [-0.15, -0.1) is 0 Å². The third-order valence-electron chi connectivity index (χ3n) is 7.73. The van der Waals surface area contributed by atoms with Gasteiger partial charge in [-0.05, 0) is 90.5 Å². The first kappa shape index (κ1) is 37.8. The van der Waals surface area contributed by atoms with Crippen LogP contribution in [0.3, 0.4) is 0 Å². The smallest absolute Gasteiger partial charge is 0.422 e. The molecule has 52 heavy (non-hydrogen) atoms. The Bertz CT molecular complexity index is 1950. The first-order chi connectivity index (χ1) is 24.7. The van der Waals surface area contributed by atoms with Crippen LogP contribution in [0.1, 0.15) is 41.3 Å². The number of ether oxygens (including phenoxy) is 1. The monoisotopic (exact) mass is 758 g/mol. The standard InChI is InChI=1S/C34H31Cl2F3N8O5/c1-2-19-4-3-5-24(16-19)41-29(51)28(50)40-17-25(26(36)48)43-27(49)20-6-12-23(13-7-20)42-30-44-31(46-32(45-30)52-18-34(37,38)39)47-33(14-15-33)21-8-10-22(35)11-9-21/h3-13,16,25H,2,14-15,17-18H2,1H3,(H,40,50)(H,41,51)(H,43,49)(H2,42,44,45,46,47)/t25-/m0/s1. The Morgan fingerprint density at radius 2 is 1.60 bits per heavy atom. The minimum atomic E-state index is -4.64. The lowest BCUT2D eigenvalue weighted by Crippen LogP contribution is -2.49. The predicted molar refractivity (Wildman–Crippen MR) is 187 cm³/mol. The number of aromatic nitrogens is 3. The number of hydrogen-bond acceptors (Lipinski definition) is 10. The molecule has 0 aliphatic heterocycles. The van der Waals surface area contributed by atoms with E-state index < -0.39 is 59.9 Å². The Labute approximate surface area is 305 Å². The second kappa shape index (κ2) is 16.2. The maximum atomic E-state index is 12.9. The van der Waals surface area contributed by atoms with Gasteiger partial charge < -0.3 is 31.3 Å². The SMILES string of the molecule is CCc1cccc(NC(=O)C(=O)NC[C@H](NC(=O)c2ccc(Nc3nc(NC4(c5ccc(Cl)cc5)CC4)nc(OCC(F)(F)F)n3)cc2)C(=O)Cl)c1. The number of nitrogens with one attached hydrogen (secondary N) is 5. The van der Waals surface area contributed by atoms with Crippen LogP contribution in [0.5, 0.6) is 6.01 Å². The Hall–Kier alpha value is -5.48. The number of aryl methyl sites for hydroxylation is 1. The van der Waals surface area contributed by atoms with Crippen molar-refractivity contribution in [3.8, 4) is 6.01 Å². The van der Waals surface area contributed by atoms with Crippen molar-refractivity contribution in [3.05, 3.63) is 94.5 Å². The summed E-state index contributed by atoms with van der Waals surface area (Å²) in [6.07, 6.45) is -2.50. The molecule has 3 amide bonds. The van der Waals surface area contributed by atoms with E-state index in [-0.39, 0.29) is 17.5 Å². The Balaban J connectivity index is 1.22. The van der Waals surface area contributed by atoms with Crippen molar-refractivity contribution in [2.24, 2.45) is 0 Å². The molecule has 1 aromatic heterocycles. The summed E-state index contributed by atoms with van der Waals surface area (Å²) < 4.78 is 43.6. The van der Waals surface area contributed by atoms with Crippen molar-refractivity contribution in [1.82, 2.24) is 25.6 Å². The molecule has 272 valence electrons. The number of carbonyl (C=O) groups excluding carboxylic acids is 4. The van der Waals surface area contributed by atoms with Crippen LogP contribution in [0.2, 0.25) is 5.02 Å². The molecule has 0 unspecified atom stereocenters. The van der Waals surface area contributed by atoms with Gasteiger partial charge >= 0.3 is 24.0 Å². The summed E-state index contributed by atoms with van der Waals surface area (Å²) in [6.45, 7) is -0.158. The summed E-state index contributed by atoms with van der Waals surface area (Å²) >= 11 is 11.7. The van der Waals surface area contributed by atoms with E-state index in [1.165, 1.54) is 24.3 Å². The molecule has 1 saturated carbocycles. The van der Waals surface area contributed by atoms with Gasteiger partial charge in [-0.2, -0.15) is 28.1 Å². The number of rotatable bonds is 14. The number of alkyl halides is 3. The summed E-state index contributed by atoms with van der Waals surface area (Å²) in [4.78, 5) is 62.0. The number of nitrogens with zero attached hydrogens (tertiary/aromatic N) is 3. The van der Waals surface area contributed by atoms with Crippen molar-refractivity contribution in [1.29, 1.82) is 0 Å². The fourth-order valence-electron chi connectivity index (χ4n) is 4.87. The second-order valence-corrected chi connectivity index (χ2v) is 12.4. The average Bonchev–Trinajstić information content (AvgIpc) is 3.89. The average molecular weight is 760 g/mol. The largest absolute Gasteiger partial charge is 0.454 e. The zero-order valence-corrected chi connectivity index (χ0v) is 28.8. The van der Waals surface area contributed by atoms with Crippen LogP contribution in [0.4, 0.5) is 36.4 Å². The fourth-order valence-corrected chi connectivity index (χ4v) is 5.13. The molecule has 13 nitrogen and oxygen atoms in total. The molecule has 3 aromatic carbocycles. The summed E-state index contributed by atoms with van der Waals surface area (Å²) in [5, 5.41) is 12.7. The van der Waals surface area contributed by atoms with Gasteiger partial charge in [-0.25, -0.2) is 0 Å². The highest BCUT2D eigenvalue weighted by Gasteiger charge is 2.45. The Morgan fingerprint density at radius 1 is 0.904 bits per heavy atom. The molecule has 1 atom stereocenters. The molecule has 0 bridgehead atoms. The number of benzene rings is 3. The zero-order valence-electron chi connectivity index (χ0n) is 27.3. The van der Waals surface area contributed by atoms with Gasteiger partial charge in [0.1, 0.15) is 6.04 Å². The normalized spacial score (nSPS) is 13.7. The quantitative estimate of drug-likeness (QED) is 0.0817. The summed E-state index contributed by atoms with van der Waals surface area (Å²) in [5.74, 6) is -2.94. The molecule has 5 rings (SSSR count). The van der Waals surface area contributed by atoms with Crippen LogP contribution in [0.25, 0.3) is 0 Å². The van der Waals surface area contributed by atoms with Gasteiger partial charge in [0.15, 0.2) is 6.61 Å². The molecule has 0 radical (unpaired) electrons. The van der Waals surface area contributed by atoms with E-state index in [4.69, 9.17) is 27.9 Å². The molecular formula is C34H31Cl2F3N8O5. The lowest BCUT2D eigenvalue weighted by atomic mass is 10.1. The van der Waals surface area contributed by atoms with Gasteiger partial charge in [-0.1, -0.05) is 42.8 Å². The molecule has 0 saturated heterocycles. The predicted octanol–water partition coefficient (Wildman–Crippen LogP) is 5.49. The van der Waals surface area contributed by atoms with E-state index in [0.717, 1.165) is 17.5 Å². The lowest BCUT2D eigenvalue weighted by Gasteiger charge is -2.19. The van der Waals surface area contributed by atoms with Crippen molar-refractivity contribution in [2.75, 3.05) is 29.1 Å².